The van der Waals surface area contributed by atoms with Crippen molar-refractivity contribution in [1.29, 1.82) is 0 Å². The molecule has 0 unspecified atom stereocenters. The van der Waals surface area contributed by atoms with Crippen LogP contribution in [0.5, 0.6) is 0 Å². The zero-order valence-corrected chi connectivity index (χ0v) is 10.4. The van der Waals surface area contributed by atoms with E-state index < -0.39 is 0 Å². The first-order chi connectivity index (χ1) is 7.61. The van der Waals surface area contributed by atoms with Gasteiger partial charge in [-0.25, -0.2) is 0 Å². The van der Waals surface area contributed by atoms with Crippen LogP contribution in [-0.4, -0.2) is 12.6 Å². The van der Waals surface area contributed by atoms with Gasteiger partial charge in [-0.1, -0.05) is 19.9 Å². The summed E-state index contributed by atoms with van der Waals surface area (Å²) in [4.78, 5) is 11.3. The average molecular weight is 222 g/mol. The largest absolute Gasteiger partial charge is 0.465 e. The van der Waals surface area contributed by atoms with Gasteiger partial charge in [-0.15, -0.1) is 18.9 Å². The number of carbonyl (C=O) groups is 1. The third-order valence-electron chi connectivity index (χ3n) is 2.57. The Bertz CT molecular complexity index is 248. The maximum Gasteiger partial charge on any atom is 0.305 e. The van der Waals surface area contributed by atoms with Gasteiger partial charge in [-0.05, 0) is 24.7 Å². The lowest BCUT2D eigenvalue weighted by Crippen LogP contribution is -2.18. The number of allylic oxidation sites excluding steroid dienone is 1. The molecule has 90 valence electrons. The van der Waals surface area contributed by atoms with E-state index in [9.17, 15) is 4.79 Å². The van der Waals surface area contributed by atoms with Crippen molar-refractivity contribution in [3.63, 3.8) is 0 Å². The predicted molar refractivity (Wildman–Crippen MR) is 66.8 cm³/mol. The third-order valence-corrected chi connectivity index (χ3v) is 2.57. The van der Waals surface area contributed by atoms with Gasteiger partial charge in [0.1, 0.15) is 0 Å². The van der Waals surface area contributed by atoms with Gasteiger partial charge < -0.3 is 4.74 Å². The minimum absolute atomic E-state index is 0.148. The number of hydrogen-bond acceptors (Lipinski definition) is 2. The molecule has 0 amide bonds. The Hall–Kier alpha value is -1.23. The number of ether oxygens (including phenoxy) is 1. The summed E-state index contributed by atoms with van der Waals surface area (Å²) >= 11 is 0. The maximum absolute atomic E-state index is 11.3. The van der Waals surface area contributed by atoms with Crippen LogP contribution in [0.25, 0.3) is 0 Å². The molecule has 0 aliphatic heterocycles. The van der Waals surface area contributed by atoms with Crippen molar-refractivity contribution in [1.82, 2.24) is 0 Å². The summed E-state index contributed by atoms with van der Waals surface area (Å²) in [5.41, 5.74) is 0. The first-order valence-corrected chi connectivity index (χ1v) is 5.81. The van der Waals surface area contributed by atoms with Gasteiger partial charge in [0.25, 0.3) is 0 Å². The standard InChI is InChI=1S/C14H22O2/c1-5-7-8-10-14(15)16-11-13(9-6-2)12(3)4/h1,6,12-13H,2,7-11H2,3-4H3/t13-/m1/s1. The quantitative estimate of drug-likeness (QED) is 0.273. The zero-order chi connectivity index (χ0) is 12.4. The molecule has 0 aromatic rings. The molecule has 0 bridgehead atoms. The van der Waals surface area contributed by atoms with Crippen molar-refractivity contribution < 1.29 is 9.53 Å². The Morgan fingerprint density at radius 3 is 2.75 bits per heavy atom. The minimum Gasteiger partial charge on any atom is -0.465 e. The lowest BCUT2D eigenvalue weighted by molar-refractivity contribution is -0.145. The van der Waals surface area contributed by atoms with Crippen LogP contribution in [0.15, 0.2) is 12.7 Å². The molecule has 0 heterocycles. The average Bonchev–Trinajstić information content (AvgIpc) is 2.24. The molecule has 2 nitrogen and oxygen atoms in total. The van der Waals surface area contributed by atoms with Crippen LogP contribution in [0, 0.1) is 24.2 Å². The van der Waals surface area contributed by atoms with Crippen LogP contribution in [0.3, 0.4) is 0 Å². The number of unbranched alkanes of at least 4 members (excludes halogenated alkanes) is 1. The van der Waals surface area contributed by atoms with E-state index in [1.165, 1.54) is 0 Å². The Kier molecular flexibility index (Phi) is 8.34. The fourth-order valence-electron chi connectivity index (χ4n) is 1.35. The van der Waals surface area contributed by atoms with Crippen molar-refractivity contribution in [2.75, 3.05) is 6.61 Å². The Labute approximate surface area is 99.1 Å². The SMILES string of the molecule is C#CCCCC(=O)OC[C@@H](CC=C)C(C)C. The molecule has 16 heavy (non-hydrogen) atoms. The Balaban J connectivity index is 3.78. The van der Waals surface area contributed by atoms with E-state index >= 15 is 0 Å². The second kappa shape index (κ2) is 9.03. The summed E-state index contributed by atoms with van der Waals surface area (Å²) in [5.74, 6) is 3.22. The van der Waals surface area contributed by atoms with Crippen molar-refractivity contribution in [2.45, 2.75) is 39.5 Å². The number of terminal acetylenes is 1. The molecule has 0 aliphatic carbocycles. The number of carbonyl (C=O) groups excluding carboxylic acids is 1. The van der Waals surface area contributed by atoms with E-state index in [2.05, 4.69) is 26.3 Å². The highest BCUT2D eigenvalue weighted by molar-refractivity contribution is 5.69. The van der Waals surface area contributed by atoms with E-state index in [4.69, 9.17) is 11.2 Å². The third kappa shape index (κ3) is 7.11. The van der Waals surface area contributed by atoms with Crippen LogP contribution in [0.1, 0.15) is 39.5 Å². The second-order valence-electron chi connectivity index (χ2n) is 4.27. The van der Waals surface area contributed by atoms with Crippen molar-refractivity contribution in [3.8, 4) is 12.3 Å². The topological polar surface area (TPSA) is 26.3 Å². The molecule has 0 aliphatic rings. The van der Waals surface area contributed by atoms with Crippen molar-refractivity contribution >= 4 is 5.97 Å². The lowest BCUT2D eigenvalue weighted by atomic mass is 9.93. The highest BCUT2D eigenvalue weighted by atomic mass is 16.5. The Morgan fingerprint density at radius 1 is 1.56 bits per heavy atom. The smallest absolute Gasteiger partial charge is 0.305 e. The molecule has 2 heteroatoms. The molecule has 0 radical (unpaired) electrons. The summed E-state index contributed by atoms with van der Waals surface area (Å²) in [6.07, 6.45) is 9.62. The van der Waals surface area contributed by atoms with Crippen LogP contribution in [0.2, 0.25) is 0 Å². The van der Waals surface area contributed by atoms with Crippen LogP contribution in [0.4, 0.5) is 0 Å². The summed E-state index contributed by atoms with van der Waals surface area (Å²) in [6.45, 7) is 8.44. The fraction of sp³-hybridized carbons (Fsp3) is 0.643. The van der Waals surface area contributed by atoms with Crippen LogP contribution in [-0.2, 0) is 9.53 Å². The van der Waals surface area contributed by atoms with Crippen LogP contribution < -0.4 is 0 Å². The summed E-state index contributed by atoms with van der Waals surface area (Å²) in [5, 5.41) is 0. The van der Waals surface area contributed by atoms with Gasteiger partial charge in [-0.2, -0.15) is 0 Å². The molecule has 0 spiro atoms. The van der Waals surface area contributed by atoms with Crippen molar-refractivity contribution in [2.24, 2.45) is 11.8 Å². The monoisotopic (exact) mass is 222 g/mol. The highest BCUT2D eigenvalue weighted by Crippen LogP contribution is 2.16. The molecular weight excluding hydrogens is 200 g/mol. The first-order valence-electron chi connectivity index (χ1n) is 5.81. The normalized spacial score (nSPS) is 11.9. The van der Waals surface area contributed by atoms with E-state index in [1.807, 2.05) is 6.08 Å². The predicted octanol–water partition coefficient (Wildman–Crippen LogP) is 3.18. The van der Waals surface area contributed by atoms with Gasteiger partial charge >= 0.3 is 5.97 Å². The van der Waals surface area contributed by atoms with Gasteiger partial charge in [0.2, 0.25) is 0 Å². The molecule has 0 rings (SSSR count). The second-order valence-corrected chi connectivity index (χ2v) is 4.27. The van der Waals surface area contributed by atoms with Gasteiger partial charge in [0.05, 0.1) is 6.61 Å². The van der Waals surface area contributed by atoms with E-state index in [0.29, 0.717) is 37.7 Å². The Morgan fingerprint density at radius 2 is 2.25 bits per heavy atom. The highest BCUT2D eigenvalue weighted by Gasteiger charge is 2.14. The number of rotatable bonds is 8. The molecule has 1 atom stereocenters. The maximum atomic E-state index is 11.3. The molecule has 0 saturated heterocycles. The van der Waals surface area contributed by atoms with Crippen molar-refractivity contribution in [3.05, 3.63) is 12.7 Å². The molecule has 0 fully saturated rings. The molecular formula is C14H22O2. The summed E-state index contributed by atoms with van der Waals surface area (Å²) in [7, 11) is 0. The van der Waals surface area contributed by atoms with E-state index in [0.717, 1.165) is 6.42 Å². The van der Waals surface area contributed by atoms with Gasteiger partial charge in [0, 0.05) is 12.8 Å². The lowest BCUT2D eigenvalue weighted by Gasteiger charge is -2.18. The summed E-state index contributed by atoms with van der Waals surface area (Å²) < 4.78 is 5.21. The fourth-order valence-corrected chi connectivity index (χ4v) is 1.35. The number of hydrogen-bond donors (Lipinski definition) is 0. The van der Waals surface area contributed by atoms with Gasteiger partial charge in [-0.3, -0.25) is 4.79 Å². The molecule has 0 saturated carbocycles. The van der Waals surface area contributed by atoms with Crippen LogP contribution >= 0.6 is 0 Å². The van der Waals surface area contributed by atoms with Gasteiger partial charge in [0.15, 0.2) is 0 Å². The number of esters is 1. The first kappa shape index (κ1) is 14.8. The van der Waals surface area contributed by atoms with E-state index in [-0.39, 0.29) is 5.97 Å². The molecule has 0 aromatic heterocycles. The summed E-state index contributed by atoms with van der Waals surface area (Å²) in [6, 6.07) is 0. The van der Waals surface area contributed by atoms with E-state index in [1.54, 1.807) is 0 Å². The minimum atomic E-state index is -0.148. The molecule has 0 N–H and O–H groups in total. The zero-order valence-electron chi connectivity index (χ0n) is 10.4. The molecule has 0 aromatic carbocycles.